The van der Waals surface area contributed by atoms with Gasteiger partial charge in [0, 0.05) is 31.3 Å². The van der Waals surface area contributed by atoms with Crippen LogP contribution < -0.4 is 10.2 Å². The fourth-order valence-electron chi connectivity index (χ4n) is 2.67. The molecule has 0 aliphatic rings. The molecule has 3 aromatic rings. The summed E-state index contributed by atoms with van der Waals surface area (Å²) in [6.45, 7) is 0.310. The predicted octanol–water partition coefficient (Wildman–Crippen LogP) is 3.62. The number of nitrogens with one attached hydrogen (secondary N) is 1. The average Bonchev–Trinajstić information content (AvgIpc) is 2.67. The van der Waals surface area contributed by atoms with Crippen LogP contribution in [0.15, 0.2) is 72.8 Å². The summed E-state index contributed by atoms with van der Waals surface area (Å²) in [5.41, 5.74) is 1.44. The molecule has 0 spiro atoms. The summed E-state index contributed by atoms with van der Waals surface area (Å²) in [4.78, 5) is 26.0. The summed E-state index contributed by atoms with van der Waals surface area (Å²) >= 11 is 0. The van der Waals surface area contributed by atoms with Gasteiger partial charge in [0.2, 0.25) is 5.91 Å². The van der Waals surface area contributed by atoms with Crippen LogP contribution in [0.4, 0.5) is 5.69 Å². The molecule has 4 nitrogen and oxygen atoms in total. The van der Waals surface area contributed by atoms with Gasteiger partial charge in [-0.05, 0) is 35.0 Å². The third-order valence-electron chi connectivity index (χ3n) is 4.15. The third-order valence-corrected chi connectivity index (χ3v) is 4.15. The Morgan fingerprint density at radius 3 is 2.32 bits per heavy atom. The van der Waals surface area contributed by atoms with E-state index < -0.39 is 0 Å². The molecule has 4 heteroatoms. The van der Waals surface area contributed by atoms with Crippen LogP contribution >= 0.6 is 0 Å². The van der Waals surface area contributed by atoms with E-state index in [4.69, 9.17) is 0 Å². The molecule has 2 amide bonds. The molecular formula is C21H20N2O2. The predicted molar refractivity (Wildman–Crippen MR) is 101 cm³/mol. The molecule has 0 fully saturated rings. The normalized spacial score (nSPS) is 10.4. The highest BCUT2D eigenvalue weighted by Gasteiger charge is 2.12. The van der Waals surface area contributed by atoms with Gasteiger partial charge in [-0.1, -0.05) is 48.5 Å². The highest BCUT2D eigenvalue weighted by molar-refractivity contribution is 5.97. The Morgan fingerprint density at radius 1 is 0.880 bits per heavy atom. The molecule has 0 unspecified atom stereocenters. The van der Waals surface area contributed by atoms with Gasteiger partial charge < -0.3 is 10.2 Å². The Labute approximate surface area is 147 Å². The number of nitrogens with zero attached hydrogens (tertiary/aromatic N) is 1. The number of carbonyl (C=O) groups is 2. The zero-order valence-corrected chi connectivity index (χ0v) is 14.1. The van der Waals surface area contributed by atoms with Gasteiger partial charge >= 0.3 is 0 Å². The van der Waals surface area contributed by atoms with E-state index in [0.717, 1.165) is 16.5 Å². The number of hydrogen-bond acceptors (Lipinski definition) is 2. The lowest BCUT2D eigenvalue weighted by atomic mass is 10.1. The van der Waals surface area contributed by atoms with E-state index in [0.29, 0.717) is 12.1 Å². The first-order valence-electron chi connectivity index (χ1n) is 8.24. The quantitative estimate of drug-likeness (QED) is 0.776. The summed E-state index contributed by atoms with van der Waals surface area (Å²) in [6.07, 6.45) is 0.252. The van der Waals surface area contributed by atoms with Crippen LogP contribution in [-0.4, -0.2) is 25.4 Å². The molecule has 0 bridgehead atoms. The zero-order valence-electron chi connectivity index (χ0n) is 14.1. The average molecular weight is 332 g/mol. The Hall–Kier alpha value is -3.14. The molecule has 1 N–H and O–H groups in total. The van der Waals surface area contributed by atoms with Crippen LogP contribution in [-0.2, 0) is 4.79 Å². The number of hydrogen-bond donors (Lipinski definition) is 1. The minimum Gasteiger partial charge on any atom is -0.352 e. The Morgan fingerprint density at radius 2 is 1.56 bits per heavy atom. The number of anilines is 1. The van der Waals surface area contributed by atoms with Crippen molar-refractivity contribution in [2.24, 2.45) is 0 Å². The first-order valence-corrected chi connectivity index (χ1v) is 8.24. The molecule has 0 saturated heterocycles. The topological polar surface area (TPSA) is 49.4 Å². The number of carbonyl (C=O) groups excluding carboxylic acids is 2. The van der Waals surface area contributed by atoms with Gasteiger partial charge in [-0.25, -0.2) is 0 Å². The largest absolute Gasteiger partial charge is 0.352 e. The van der Waals surface area contributed by atoms with Crippen LogP contribution in [0.5, 0.6) is 0 Å². The smallest absolute Gasteiger partial charge is 0.251 e. The van der Waals surface area contributed by atoms with E-state index in [1.807, 2.05) is 60.7 Å². The van der Waals surface area contributed by atoms with Gasteiger partial charge in [-0.2, -0.15) is 0 Å². The maximum absolute atomic E-state index is 12.4. The zero-order chi connectivity index (χ0) is 17.6. The Kier molecular flexibility index (Phi) is 5.09. The van der Waals surface area contributed by atoms with E-state index in [-0.39, 0.29) is 18.2 Å². The SMILES string of the molecule is CN(C(=O)CCNC(=O)c1ccccc1)c1ccc2ccccc2c1. The van der Waals surface area contributed by atoms with E-state index in [9.17, 15) is 9.59 Å². The highest BCUT2D eigenvalue weighted by atomic mass is 16.2. The van der Waals surface area contributed by atoms with Crippen molar-refractivity contribution < 1.29 is 9.59 Å². The molecule has 0 aromatic heterocycles. The minimum atomic E-state index is -0.165. The van der Waals surface area contributed by atoms with E-state index in [2.05, 4.69) is 5.32 Å². The minimum absolute atomic E-state index is 0.0383. The van der Waals surface area contributed by atoms with Gasteiger partial charge in [0.25, 0.3) is 5.91 Å². The van der Waals surface area contributed by atoms with Crippen molar-refractivity contribution in [1.82, 2.24) is 5.32 Å². The van der Waals surface area contributed by atoms with Crippen molar-refractivity contribution in [1.29, 1.82) is 0 Å². The Bertz CT molecular complexity index is 891. The number of rotatable bonds is 5. The van der Waals surface area contributed by atoms with Crippen LogP contribution in [0, 0.1) is 0 Å². The molecule has 0 heterocycles. The molecule has 0 aliphatic heterocycles. The standard InChI is InChI=1S/C21H20N2O2/c1-23(19-12-11-16-7-5-6-10-18(16)15-19)20(24)13-14-22-21(25)17-8-3-2-4-9-17/h2-12,15H,13-14H2,1H3,(H,22,25). The summed E-state index contributed by atoms with van der Waals surface area (Å²) in [6, 6.07) is 23.0. The summed E-state index contributed by atoms with van der Waals surface area (Å²) < 4.78 is 0. The summed E-state index contributed by atoms with van der Waals surface area (Å²) in [5, 5.41) is 5.01. The number of amides is 2. The second-order valence-electron chi connectivity index (χ2n) is 5.86. The molecule has 3 aromatic carbocycles. The molecule has 0 aliphatic carbocycles. The molecule has 25 heavy (non-hydrogen) atoms. The van der Waals surface area contributed by atoms with Gasteiger partial charge in [-0.3, -0.25) is 9.59 Å². The fraction of sp³-hybridized carbons (Fsp3) is 0.143. The van der Waals surface area contributed by atoms with E-state index in [1.54, 1.807) is 24.1 Å². The maximum atomic E-state index is 12.4. The molecule has 0 radical (unpaired) electrons. The first kappa shape index (κ1) is 16.7. The lowest BCUT2D eigenvalue weighted by molar-refractivity contribution is -0.118. The highest BCUT2D eigenvalue weighted by Crippen LogP contribution is 2.21. The van der Waals surface area contributed by atoms with Crippen molar-refractivity contribution in [3.8, 4) is 0 Å². The van der Waals surface area contributed by atoms with Crippen LogP contribution in [0.1, 0.15) is 16.8 Å². The van der Waals surface area contributed by atoms with Gasteiger partial charge in [-0.15, -0.1) is 0 Å². The van der Waals surface area contributed by atoms with Gasteiger partial charge in [0.1, 0.15) is 0 Å². The number of benzene rings is 3. The molecule has 0 saturated carbocycles. The van der Waals surface area contributed by atoms with Crippen molar-refractivity contribution >= 4 is 28.3 Å². The van der Waals surface area contributed by atoms with Gasteiger partial charge in [0.05, 0.1) is 0 Å². The Balaban J connectivity index is 1.57. The second kappa shape index (κ2) is 7.62. The van der Waals surface area contributed by atoms with E-state index >= 15 is 0 Å². The fourth-order valence-corrected chi connectivity index (χ4v) is 2.67. The molecule has 0 atom stereocenters. The monoisotopic (exact) mass is 332 g/mol. The lowest BCUT2D eigenvalue weighted by Gasteiger charge is -2.18. The third kappa shape index (κ3) is 4.04. The first-order chi connectivity index (χ1) is 12.1. The van der Waals surface area contributed by atoms with Crippen molar-refractivity contribution in [3.05, 3.63) is 78.4 Å². The van der Waals surface area contributed by atoms with E-state index in [1.165, 1.54) is 0 Å². The maximum Gasteiger partial charge on any atom is 0.251 e. The lowest BCUT2D eigenvalue weighted by Crippen LogP contribution is -2.32. The summed E-state index contributed by atoms with van der Waals surface area (Å²) in [5.74, 6) is -0.203. The van der Waals surface area contributed by atoms with Crippen LogP contribution in [0.25, 0.3) is 10.8 Å². The van der Waals surface area contributed by atoms with Crippen LogP contribution in [0.2, 0.25) is 0 Å². The van der Waals surface area contributed by atoms with Crippen molar-refractivity contribution in [3.63, 3.8) is 0 Å². The molecular weight excluding hydrogens is 312 g/mol. The number of fused-ring (bicyclic) bond motifs is 1. The molecule has 3 rings (SSSR count). The van der Waals surface area contributed by atoms with Crippen molar-refractivity contribution in [2.45, 2.75) is 6.42 Å². The van der Waals surface area contributed by atoms with Gasteiger partial charge in [0.15, 0.2) is 0 Å². The van der Waals surface area contributed by atoms with Crippen LogP contribution in [0.3, 0.4) is 0 Å². The molecule has 126 valence electrons. The van der Waals surface area contributed by atoms with Crippen molar-refractivity contribution in [2.75, 3.05) is 18.5 Å². The second-order valence-corrected chi connectivity index (χ2v) is 5.86. The summed E-state index contributed by atoms with van der Waals surface area (Å²) in [7, 11) is 1.76.